The molecule has 0 bridgehead atoms. The van der Waals surface area contributed by atoms with Gasteiger partial charge in [0.25, 0.3) is 0 Å². The third-order valence-corrected chi connectivity index (χ3v) is 9.99. The number of benzene rings is 6. The summed E-state index contributed by atoms with van der Waals surface area (Å²) in [6.45, 7) is 0. The van der Waals surface area contributed by atoms with Crippen molar-refractivity contribution < 1.29 is 4.57 Å². The van der Waals surface area contributed by atoms with Gasteiger partial charge in [-0.3, -0.25) is 0 Å². The predicted molar refractivity (Wildman–Crippen MR) is 186 cm³/mol. The molecule has 1 unspecified atom stereocenters. The zero-order valence-electron chi connectivity index (χ0n) is 25.1. The van der Waals surface area contributed by atoms with Gasteiger partial charge in [0.1, 0.15) is 0 Å². The summed E-state index contributed by atoms with van der Waals surface area (Å²) in [5.74, 6) is 0. The Morgan fingerprint density at radius 1 is 0.364 bits per heavy atom. The average molecular weight is 590 g/mol. The van der Waals surface area contributed by atoms with Crippen molar-refractivity contribution in [2.45, 2.75) is 38.5 Å². The predicted octanol–water partition coefficient (Wildman–Crippen LogP) is 9.22. The fourth-order valence-corrected chi connectivity index (χ4v) is 7.23. The molecule has 0 spiro atoms. The van der Waals surface area contributed by atoms with Crippen molar-refractivity contribution in [3.05, 3.63) is 202 Å². The molecule has 0 aromatic heterocycles. The highest BCUT2D eigenvalue weighted by Crippen LogP contribution is 2.27. The maximum absolute atomic E-state index is 13.9. The molecule has 0 heterocycles. The molecule has 0 saturated carbocycles. The van der Waals surface area contributed by atoms with Gasteiger partial charge in [-0.15, -0.1) is 0 Å². The van der Waals surface area contributed by atoms with Crippen LogP contribution in [0.1, 0.15) is 44.5 Å². The van der Waals surface area contributed by atoms with Crippen molar-refractivity contribution in [3.8, 4) is 0 Å². The molecule has 6 aromatic rings. The van der Waals surface area contributed by atoms with E-state index in [1.54, 1.807) is 0 Å². The first-order chi connectivity index (χ1) is 21.7. The van der Waals surface area contributed by atoms with Crippen LogP contribution in [-0.2, 0) is 43.1 Å². The molecule has 1 atom stereocenters. The van der Waals surface area contributed by atoms with E-state index in [1.807, 2.05) is 30.3 Å². The highest BCUT2D eigenvalue weighted by atomic mass is 31.1. The Labute approximate surface area is 263 Å². The Hall–Kier alpha value is -4.58. The van der Waals surface area contributed by atoms with Crippen LogP contribution in [0.15, 0.2) is 158 Å². The topological polar surface area (TPSA) is 17.1 Å². The summed E-state index contributed by atoms with van der Waals surface area (Å²) in [6, 6.07) is 55.6. The van der Waals surface area contributed by atoms with Gasteiger partial charge < -0.3 is 0 Å². The zero-order chi connectivity index (χ0) is 30.0. The molecule has 1 nitrogen and oxygen atoms in total. The smallest absolute Gasteiger partial charge is 0.0622 e. The van der Waals surface area contributed by atoms with Gasteiger partial charge in [-0.2, -0.15) is 0 Å². The molecule has 0 aliphatic rings. The fraction of sp³-hybridized carbons (Fsp3) is 0.143. The molecule has 6 rings (SSSR count). The SMILES string of the molecule is O=[P+](c1ccccc1)c1cccc(Cc2ccc(CCc3ccccc3)cc2)c1Cc1ccc(CCc2ccccc2)cc1. The van der Waals surface area contributed by atoms with E-state index in [4.69, 9.17) is 0 Å². The molecular formula is C42H38OP+. The van der Waals surface area contributed by atoms with E-state index < -0.39 is 7.80 Å². The van der Waals surface area contributed by atoms with Crippen LogP contribution < -0.4 is 10.6 Å². The first kappa shape index (κ1) is 29.5. The largest absolute Gasteiger partial charge is 0.415 e. The van der Waals surface area contributed by atoms with E-state index in [9.17, 15) is 4.57 Å². The van der Waals surface area contributed by atoms with Crippen LogP contribution in [0.25, 0.3) is 0 Å². The second-order valence-corrected chi connectivity index (χ2v) is 13.1. The third kappa shape index (κ3) is 7.87. The summed E-state index contributed by atoms with van der Waals surface area (Å²) in [5.41, 5.74) is 10.4. The first-order valence-corrected chi connectivity index (χ1v) is 16.8. The van der Waals surface area contributed by atoms with Gasteiger partial charge in [0, 0.05) is 12.0 Å². The first-order valence-electron chi connectivity index (χ1n) is 15.6. The molecular weight excluding hydrogens is 551 g/mol. The minimum Gasteiger partial charge on any atom is -0.0622 e. The quantitative estimate of drug-likeness (QED) is 0.130. The van der Waals surface area contributed by atoms with Crippen molar-refractivity contribution in [3.63, 3.8) is 0 Å². The Morgan fingerprint density at radius 3 is 1.27 bits per heavy atom. The van der Waals surface area contributed by atoms with Crippen LogP contribution in [0.4, 0.5) is 0 Å². The molecule has 2 heteroatoms. The summed E-state index contributed by atoms with van der Waals surface area (Å²) in [5, 5.41) is 1.82. The van der Waals surface area contributed by atoms with Crippen LogP contribution in [-0.4, -0.2) is 0 Å². The monoisotopic (exact) mass is 589 g/mol. The maximum atomic E-state index is 13.9. The second-order valence-electron chi connectivity index (χ2n) is 11.5. The molecule has 6 aromatic carbocycles. The van der Waals surface area contributed by atoms with Crippen molar-refractivity contribution >= 4 is 18.4 Å². The fourth-order valence-electron chi connectivity index (χ4n) is 5.82. The molecule has 0 N–H and O–H groups in total. The minimum absolute atomic E-state index is 0.757. The van der Waals surface area contributed by atoms with Gasteiger partial charge >= 0.3 is 7.80 Å². The van der Waals surface area contributed by atoms with Gasteiger partial charge in [0.05, 0.1) is 0 Å². The van der Waals surface area contributed by atoms with Crippen LogP contribution in [0, 0.1) is 0 Å². The number of hydrogen-bond acceptors (Lipinski definition) is 1. The van der Waals surface area contributed by atoms with Gasteiger partial charge in [-0.1, -0.05) is 144 Å². The van der Waals surface area contributed by atoms with Gasteiger partial charge in [-0.05, 0) is 89.2 Å². The Morgan fingerprint density at radius 2 is 0.773 bits per heavy atom. The Kier molecular flexibility index (Phi) is 9.88. The highest BCUT2D eigenvalue weighted by molar-refractivity contribution is 7.61. The minimum atomic E-state index is -1.70. The molecule has 0 amide bonds. The summed E-state index contributed by atoms with van der Waals surface area (Å²) in [4.78, 5) is 0. The molecule has 0 aliphatic carbocycles. The molecule has 0 saturated heterocycles. The number of aryl methyl sites for hydroxylation is 4. The van der Waals surface area contributed by atoms with E-state index in [0.29, 0.717) is 0 Å². The van der Waals surface area contributed by atoms with Crippen LogP contribution in [0.3, 0.4) is 0 Å². The van der Waals surface area contributed by atoms with E-state index in [0.717, 1.165) is 49.1 Å². The van der Waals surface area contributed by atoms with E-state index >= 15 is 0 Å². The lowest BCUT2D eigenvalue weighted by molar-refractivity contribution is 0.598. The summed E-state index contributed by atoms with van der Waals surface area (Å²) in [6.07, 6.45) is 5.71. The molecule has 0 aliphatic heterocycles. The summed E-state index contributed by atoms with van der Waals surface area (Å²) in [7, 11) is -1.70. The molecule has 44 heavy (non-hydrogen) atoms. The van der Waals surface area contributed by atoms with E-state index in [1.165, 1.54) is 44.5 Å². The van der Waals surface area contributed by atoms with Crippen LogP contribution in [0.2, 0.25) is 0 Å². The average Bonchev–Trinajstić information content (AvgIpc) is 3.09. The molecule has 216 valence electrons. The standard InChI is InChI=1S/C42H38OP/c43-44(40-16-8-3-9-17-40)42-18-10-15-39(31-37-27-23-35(24-28-37)21-19-33-11-4-1-5-12-33)41(42)32-38-29-25-36(26-30-38)22-20-34-13-6-2-7-14-34/h1-18,23-30H,19-22,31-32H2/q+1. The Bertz CT molecular complexity index is 1780. The second kappa shape index (κ2) is 14.7. The van der Waals surface area contributed by atoms with Crippen molar-refractivity contribution in [2.24, 2.45) is 0 Å². The van der Waals surface area contributed by atoms with Gasteiger partial charge in [0.15, 0.2) is 10.6 Å². The normalized spacial score (nSPS) is 11.3. The van der Waals surface area contributed by atoms with E-state index in [-0.39, 0.29) is 0 Å². The molecule has 0 fully saturated rings. The van der Waals surface area contributed by atoms with Crippen molar-refractivity contribution in [1.29, 1.82) is 0 Å². The van der Waals surface area contributed by atoms with Crippen molar-refractivity contribution in [1.82, 2.24) is 0 Å². The lowest BCUT2D eigenvalue weighted by Crippen LogP contribution is -2.15. The summed E-state index contributed by atoms with van der Waals surface area (Å²) >= 11 is 0. The van der Waals surface area contributed by atoms with Gasteiger partial charge in [-0.25, -0.2) is 0 Å². The van der Waals surface area contributed by atoms with Crippen LogP contribution >= 0.6 is 7.80 Å². The maximum Gasteiger partial charge on any atom is 0.415 e. The van der Waals surface area contributed by atoms with Crippen molar-refractivity contribution in [2.75, 3.05) is 0 Å². The van der Waals surface area contributed by atoms with Crippen LogP contribution in [0.5, 0.6) is 0 Å². The number of hydrogen-bond donors (Lipinski definition) is 0. The highest BCUT2D eigenvalue weighted by Gasteiger charge is 2.28. The lowest BCUT2D eigenvalue weighted by Gasteiger charge is -2.12. The van der Waals surface area contributed by atoms with Gasteiger partial charge in [0.2, 0.25) is 0 Å². The molecule has 0 radical (unpaired) electrons. The zero-order valence-corrected chi connectivity index (χ0v) is 26.0. The number of rotatable bonds is 12. The third-order valence-electron chi connectivity index (χ3n) is 8.37. The summed E-state index contributed by atoms with van der Waals surface area (Å²) < 4.78 is 13.9. The Balaban J connectivity index is 1.22. The van der Waals surface area contributed by atoms with E-state index in [2.05, 4.69) is 127 Å². The lowest BCUT2D eigenvalue weighted by atomic mass is 9.93.